The minimum Gasteiger partial charge on any atom is -0.481 e. The maximum Gasteiger partial charge on any atom is 0.333 e. The zero-order valence-electron chi connectivity index (χ0n) is 6.38. The summed E-state index contributed by atoms with van der Waals surface area (Å²) in [4.78, 5) is 30.5. The normalized spacial score (nSPS) is 14.5. The topological polar surface area (TPSA) is 132 Å². The molecule has 1 unspecified atom stereocenters. The third kappa shape index (κ3) is 3.52. The number of hydrogen-bond acceptors (Lipinski definition) is 4. The molecular weight excluding hydrogens is 184 g/mol. The third-order valence-electron chi connectivity index (χ3n) is 1.35. The monoisotopic (exact) mass is 192 g/mol. The zero-order valence-corrected chi connectivity index (χ0v) is 6.38. The van der Waals surface area contributed by atoms with Crippen LogP contribution in [-0.4, -0.2) is 44.4 Å². The molecule has 0 heterocycles. The highest BCUT2D eigenvalue weighted by Crippen LogP contribution is 2.09. The highest BCUT2D eigenvalue weighted by atomic mass is 16.4. The van der Waals surface area contributed by atoms with E-state index in [1.54, 1.807) is 0 Å². The molecule has 7 heteroatoms. The fourth-order valence-electron chi connectivity index (χ4n) is 0.694. The van der Waals surface area contributed by atoms with E-state index >= 15 is 0 Å². The zero-order chi connectivity index (χ0) is 10.6. The Bertz CT molecular complexity index is 233. The first-order chi connectivity index (χ1) is 5.86. The summed E-state index contributed by atoms with van der Waals surface area (Å²) in [7, 11) is 0. The minimum absolute atomic E-state index is 0.928. The molecule has 74 valence electrons. The van der Waals surface area contributed by atoms with Crippen LogP contribution in [0, 0.1) is 5.92 Å². The van der Waals surface area contributed by atoms with E-state index in [4.69, 9.17) is 20.4 Å². The number of aliphatic hydroxyl groups excluding tert-OH is 1. The lowest BCUT2D eigenvalue weighted by molar-refractivity contribution is -0.162. The summed E-state index contributed by atoms with van der Waals surface area (Å²) in [5, 5.41) is 33.5. The molecule has 0 fully saturated rings. The van der Waals surface area contributed by atoms with Crippen LogP contribution in [0.5, 0.6) is 0 Å². The molecule has 2 atom stereocenters. The molecule has 0 bridgehead atoms. The van der Waals surface area contributed by atoms with Gasteiger partial charge in [0, 0.05) is 0 Å². The number of rotatable bonds is 5. The van der Waals surface area contributed by atoms with Gasteiger partial charge in [-0.05, 0) is 0 Å². The summed E-state index contributed by atoms with van der Waals surface area (Å²) >= 11 is 0. The van der Waals surface area contributed by atoms with Crippen LogP contribution in [0.1, 0.15) is 6.42 Å². The van der Waals surface area contributed by atoms with Gasteiger partial charge < -0.3 is 20.4 Å². The van der Waals surface area contributed by atoms with Gasteiger partial charge in [-0.25, -0.2) is 4.79 Å². The van der Waals surface area contributed by atoms with Crippen LogP contribution >= 0.6 is 0 Å². The van der Waals surface area contributed by atoms with E-state index in [2.05, 4.69) is 0 Å². The molecule has 0 aromatic rings. The van der Waals surface area contributed by atoms with Gasteiger partial charge >= 0.3 is 17.9 Å². The lowest BCUT2D eigenvalue weighted by atomic mass is 9.99. The molecule has 4 N–H and O–H groups in total. The van der Waals surface area contributed by atoms with E-state index in [9.17, 15) is 14.4 Å². The number of carboxylic acids is 3. The van der Waals surface area contributed by atoms with Crippen LogP contribution in [0.3, 0.4) is 0 Å². The molecule has 0 aliphatic carbocycles. The first-order valence-corrected chi connectivity index (χ1v) is 3.21. The second-order valence-corrected chi connectivity index (χ2v) is 2.33. The van der Waals surface area contributed by atoms with Gasteiger partial charge in [-0.1, -0.05) is 0 Å². The van der Waals surface area contributed by atoms with E-state index in [1.807, 2.05) is 0 Å². The average Bonchev–Trinajstić information content (AvgIpc) is 1.97. The van der Waals surface area contributed by atoms with Crippen molar-refractivity contribution in [1.29, 1.82) is 0 Å². The van der Waals surface area contributed by atoms with E-state index < -0.39 is 36.4 Å². The molecule has 0 saturated heterocycles. The van der Waals surface area contributed by atoms with E-state index in [1.165, 1.54) is 0 Å². The molecule has 0 aliphatic rings. The van der Waals surface area contributed by atoms with Crippen LogP contribution in [0.25, 0.3) is 0 Å². The molecule has 0 aromatic heterocycles. The third-order valence-corrected chi connectivity index (χ3v) is 1.35. The van der Waals surface area contributed by atoms with Crippen molar-refractivity contribution < 1.29 is 34.8 Å². The maximum absolute atomic E-state index is 10.3. The summed E-state index contributed by atoms with van der Waals surface area (Å²) in [5.41, 5.74) is 0. The molecule has 0 radical (unpaired) electrons. The Morgan fingerprint density at radius 1 is 1.00 bits per heavy atom. The molecule has 7 nitrogen and oxygen atoms in total. The minimum atomic E-state index is -2.20. The van der Waals surface area contributed by atoms with Gasteiger partial charge in [0.05, 0.1) is 6.42 Å². The SMILES string of the molecule is O=C(O)CC(C(=O)O)[C@@H](O)C(=O)O. The van der Waals surface area contributed by atoms with Crippen molar-refractivity contribution in [3.05, 3.63) is 0 Å². The van der Waals surface area contributed by atoms with Gasteiger partial charge in [-0.3, -0.25) is 9.59 Å². The highest BCUT2D eigenvalue weighted by Gasteiger charge is 2.33. The Kier molecular flexibility index (Phi) is 3.86. The van der Waals surface area contributed by atoms with Crippen LogP contribution in [0.2, 0.25) is 0 Å². The standard InChI is InChI=1S/C6H8O7/c7-3(8)1-2(5(10)11)4(9)6(12)13/h2,4,9H,1H2,(H,7,8)(H,10,11)(H,12,13)/t2?,4-/m1/s1. The maximum atomic E-state index is 10.3. The predicted molar refractivity (Wildman–Crippen MR) is 37.0 cm³/mol. The summed E-state index contributed by atoms with van der Waals surface area (Å²) in [6, 6.07) is 0. The first kappa shape index (κ1) is 11.4. The lowest BCUT2D eigenvalue weighted by Crippen LogP contribution is -2.36. The largest absolute Gasteiger partial charge is 0.481 e. The molecule has 13 heavy (non-hydrogen) atoms. The Hall–Kier alpha value is -1.63. The van der Waals surface area contributed by atoms with Gasteiger partial charge in [0.1, 0.15) is 5.92 Å². The Labute approximate surface area is 72.2 Å². The average molecular weight is 192 g/mol. The fourth-order valence-corrected chi connectivity index (χ4v) is 0.694. The van der Waals surface area contributed by atoms with E-state index in [0.717, 1.165) is 0 Å². The summed E-state index contributed by atoms with van der Waals surface area (Å²) in [5.74, 6) is -6.71. The lowest BCUT2D eigenvalue weighted by Gasteiger charge is -2.12. The predicted octanol–water partition coefficient (Wildman–Crippen LogP) is -1.39. The Balaban J connectivity index is 4.51. The summed E-state index contributed by atoms with van der Waals surface area (Å²) in [6.45, 7) is 0. The van der Waals surface area contributed by atoms with Crippen LogP contribution in [0.15, 0.2) is 0 Å². The molecular formula is C6H8O7. The van der Waals surface area contributed by atoms with Gasteiger partial charge in [-0.15, -0.1) is 0 Å². The first-order valence-electron chi connectivity index (χ1n) is 3.21. The number of hydrogen-bond donors (Lipinski definition) is 4. The van der Waals surface area contributed by atoms with Gasteiger partial charge in [0.2, 0.25) is 0 Å². The Morgan fingerprint density at radius 3 is 1.69 bits per heavy atom. The Morgan fingerprint density at radius 2 is 1.46 bits per heavy atom. The van der Waals surface area contributed by atoms with Crippen molar-refractivity contribution in [3.63, 3.8) is 0 Å². The molecule has 0 aromatic carbocycles. The van der Waals surface area contributed by atoms with Crippen molar-refractivity contribution in [2.24, 2.45) is 5.92 Å². The molecule has 0 spiro atoms. The van der Waals surface area contributed by atoms with Crippen LogP contribution in [0.4, 0.5) is 0 Å². The molecule has 0 amide bonds. The number of carbonyl (C=O) groups is 3. The number of aliphatic hydroxyl groups is 1. The fraction of sp³-hybridized carbons (Fsp3) is 0.500. The van der Waals surface area contributed by atoms with Gasteiger partial charge in [-0.2, -0.15) is 0 Å². The quantitative estimate of drug-likeness (QED) is 0.421. The molecule has 0 aliphatic heterocycles. The number of aliphatic carboxylic acids is 3. The second-order valence-electron chi connectivity index (χ2n) is 2.33. The van der Waals surface area contributed by atoms with Crippen LogP contribution < -0.4 is 0 Å². The second kappa shape index (κ2) is 4.41. The van der Waals surface area contributed by atoms with Crippen molar-refractivity contribution in [2.45, 2.75) is 12.5 Å². The number of carboxylic acid groups (broad SMARTS) is 3. The summed E-state index contributed by atoms with van der Waals surface area (Å²) in [6.07, 6.45) is -3.13. The van der Waals surface area contributed by atoms with E-state index in [-0.39, 0.29) is 0 Å². The highest BCUT2D eigenvalue weighted by molar-refractivity contribution is 5.85. The van der Waals surface area contributed by atoms with Crippen LogP contribution in [-0.2, 0) is 14.4 Å². The van der Waals surface area contributed by atoms with Gasteiger partial charge in [0.25, 0.3) is 0 Å². The van der Waals surface area contributed by atoms with Crippen molar-refractivity contribution in [1.82, 2.24) is 0 Å². The smallest absolute Gasteiger partial charge is 0.333 e. The van der Waals surface area contributed by atoms with Crippen molar-refractivity contribution >= 4 is 17.9 Å². The molecule has 0 rings (SSSR count). The molecule has 0 saturated carbocycles. The van der Waals surface area contributed by atoms with E-state index in [0.29, 0.717) is 0 Å². The summed E-state index contributed by atoms with van der Waals surface area (Å²) < 4.78 is 0. The van der Waals surface area contributed by atoms with Crippen molar-refractivity contribution in [3.8, 4) is 0 Å². The van der Waals surface area contributed by atoms with Gasteiger partial charge in [0.15, 0.2) is 6.10 Å². The van der Waals surface area contributed by atoms with Crippen molar-refractivity contribution in [2.75, 3.05) is 0 Å².